The molecule has 1 saturated heterocycles. The number of hydrogen-bond acceptors (Lipinski definition) is 5. The molecular weight excluding hydrogens is 390 g/mol. The summed E-state index contributed by atoms with van der Waals surface area (Å²) in [6.45, 7) is 7.34. The van der Waals surface area contributed by atoms with Crippen LogP contribution < -0.4 is 15.4 Å². The van der Waals surface area contributed by atoms with E-state index in [1.807, 2.05) is 30.3 Å². The van der Waals surface area contributed by atoms with E-state index in [1.165, 1.54) is 5.56 Å². The fourth-order valence-electron chi connectivity index (χ4n) is 3.62. The van der Waals surface area contributed by atoms with Gasteiger partial charge in [-0.05, 0) is 42.3 Å². The van der Waals surface area contributed by atoms with Crippen LogP contribution in [0.1, 0.15) is 29.7 Å². The minimum atomic E-state index is 0.195. The molecule has 0 spiro atoms. The second-order valence-electron chi connectivity index (χ2n) is 7.33. The molecule has 7 nitrogen and oxygen atoms in total. The summed E-state index contributed by atoms with van der Waals surface area (Å²) in [4.78, 5) is 7.16. The monoisotopic (exact) mass is 421 g/mol. The van der Waals surface area contributed by atoms with Gasteiger partial charge in [-0.2, -0.15) is 5.26 Å². The number of guanidine groups is 1. The highest BCUT2D eigenvalue weighted by molar-refractivity contribution is 5.79. The predicted molar refractivity (Wildman–Crippen MR) is 122 cm³/mol. The number of benzene rings is 2. The molecule has 3 rings (SSSR count). The number of rotatable bonds is 8. The Labute approximate surface area is 184 Å². The molecule has 1 aliphatic rings. The Morgan fingerprint density at radius 2 is 1.97 bits per heavy atom. The minimum absolute atomic E-state index is 0.195. The fourth-order valence-corrected chi connectivity index (χ4v) is 3.62. The summed E-state index contributed by atoms with van der Waals surface area (Å²) in [6, 6.07) is 18.2. The highest BCUT2D eigenvalue weighted by Crippen LogP contribution is 2.23. The molecule has 0 bridgehead atoms. The lowest BCUT2D eigenvalue weighted by Gasteiger charge is -2.35. The van der Waals surface area contributed by atoms with Crippen LogP contribution in [0.15, 0.2) is 53.5 Å². The molecule has 1 unspecified atom stereocenters. The van der Waals surface area contributed by atoms with E-state index in [0.717, 1.165) is 56.7 Å². The van der Waals surface area contributed by atoms with Gasteiger partial charge in [0.2, 0.25) is 0 Å². The van der Waals surface area contributed by atoms with Crippen molar-refractivity contribution in [3.05, 3.63) is 65.2 Å². The molecule has 0 radical (unpaired) electrons. The number of aliphatic imine (C=N–C) groups is 1. The van der Waals surface area contributed by atoms with Crippen LogP contribution in [0.4, 0.5) is 0 Å². The lowest BCUT2D eigenvalue weighted by molar-refractivity contribution is 0.0170. The van der Waals surface area contributed by atoms with Gasteiger partial charge in [0.25, 0.3) is 0 Å². The Morgan fingerprint density at radius 3 is 2.65 bits per heavy atom. The first-order chi connectivity index (χ1) is 15.2. The van der Waals surface area contributed by atoms with Crippen LogP contribution in [0, 0.1) is 11.3 Å². The Bertz CT molecular complexity index is 886. The van der Waals surface area contributed by atoms with E-state index in [2.05, 4.69) is 40.7 Å². The lowest BCUT2D eigenvalue weighted by Crippen LogP contribution is -2.46. The molecule has 0 amide bonds. The molecule has 2 aromatic carbocycles. The largest absolute Gasteiger partial charge is 0.497 e. The van der Waals surface area contributed by atoms with Crippen LogP contribution in [0.25, 0.3) is 0 Å². The maximum Gasteiger partial charge on any atom is 0.191 e. The minimum Gasteiger partial charge on any atom is -0.497 e. The molecule has 164 valence electrons. The van der Waals surface area contributed by atoms with E-state index in [0.29, 0.717) is 12.1 Å². The zero-order valence-corrected chi connectivity index (χ0v) is 18.3. The number of nitrogens with zero attached hydrogens (tertiary/aromatic N) is 3. The summed E-state index contributed by atoms with van der Waals surface area (Å²) in [7, 11) is 1.68. The molecule has 1 heterocycles. The standard InChI is InChI=1S/C24H31N5O2/c1-3-26-24(27-17-20-6-4-5-19(15-20)16-25)28-18-23(29-11-13-31-14-12-29)21-7-9-22(30-2)10-8-21/h4-10,15,23H,3,11-14,17-18H2,1-2H3,(H2,26,27,28). The predicted octanol–water partition coefficient (Wildman–Crippen LogP) is 2.70. The third kappa shape index (κ3) is 6.71. The van der Waals surface area contributed by atoms with Gasteiger partial charge in [0.1, 0.15) is 5.75 Å². The van der Waals surface area contributed by atoms with Crippen molar-refractivity contribution in [2.24, 2.45) is 4.99 Å². The quantitative estimate of drug-likeness (QED) is 0.504. The topological polar surface area (TPSA) is 81.9 Å². The number of methoxy groups -OCH3 is 1. The van der Waals surface area contributed by atoms with Crippen LogP contribution in [-0.2, 0) is 11.3 Å². The van der Waals surface area contributed by atoms with Gasteiger partial charge < -0.3 is 20.1 Å². The third-order valence-corrected chi connectivity index (χ3v) is 5.27. The molecule has 1 aliphatic heterocycles. The van der Waals surface area contributed by atoms with E-state index in [1.54, 1.807) is 13.2 Å². The Balaban J connectivity index is 1.72. The summed E-state index contributed by atoms with van der Waals surface area (Å²) >= 11 is 0. The Morgan fingerprint density at radius 1 is 1.19 bits per heavy atom. The Kier molecular flexibility index (Phi) is 8.71. The number of ether oxygens (including phenoxy) is 2. The number of nitriles is 1. The van der Waals surface area contributed by atoms with Crippen molar-refractivity contribution in [2.45, 2.75) is 19.5 Å². The van der Waals surface area contributed by atoms with Crippen molar-refractivity contribution in [3.63, 3.8) is 0 Å². The van der Waals surface area contributed by atoms with Crippen LogP contribution in [0.5, 0.6) is 5.75 Å². The average molecular weight is 422 g/mol. The fraction of sp³-hybridized carbons (Fsp3) is 0.417. The van der Waals surface area contributed by atoms with Crippen LogP contribution in [0.2, 0.25) is 0 Å². The molecule has 31 heavy (non-hydrogen) atoms. The van der Waals surface area contributed by atoms with Gasteiger partial charge >= 0.3 is 0 Å². The van der Waals surface area contributed by atoms with Crippen molar-refractivity contribution >= 4 is 5.96 Å². The van der Waals surface area contributed by atoms with Gasteiger partial charge in [0.15, 0.2) is 5.96 Å². The second-order valence-corrected chi connectivity index (χ2v) is 7.33. The van der Waals surface area contributed by atoms with Crippen LogP contribution in [-0.4, -0.2) is 57.4 Å². The van der Waals surface area contributed by atoms with Gasteiger partial charge in [-0.3, -0.25) is 4.90 Å². The van der Waals surface area contributed by atoms with E-state index in [-0.39, 0.29) is 6.04 Å². The SMILES string of the molecule is CCNC(=NCc1cccc(C#N)c1)NCC(c1ccc(OC)cc1)N1CCOCC1. The van der Waals surface area contributed by atoms with Crippen LogP contribution >= 0.6 is 0 Å². The number of hydrogen-bond donors (Lipinski definition) is 2. The highest BCUT2D eigenvalue weighted by atomic mass is 16.5. The first kappa shape index (κ1) is 22.6. The van der Waals surface area contributed by atoms with Gasteiger partial charge in [0, 0.05) is 26.2 Å². The van der Waals surface area contributed by atoms with E-state index in [4.69, 9.17) is 19.7 Å². The summed E-state index contributed by atoms with van der Waals surface area (Å²) in [6.07, 6.45) is 0. The zero-order chi connectivity index (χ0) is 21.9. The van der Waals surface area contributed by atoms with Crippen molar-refractivity contribution in [1.82, 2.24) is 15.5 Å². The third-order valence-electron chi connectivity index (χ3n) is 5.27. The smallest absolute Gasteiger partial charge is 0.191 e. The normalized spacial score (nSPS) is 15.7. The van der Waals surface area contributed by atoms with Gasteiger partial charge in [-0.25, -0.2) is 4.99 Å². The summed E-state index contributed by atoms with van der Waals surface area (Å²) in [5.74, 6) is 1.61. The number of morpholine rings is 1. The van der Waals surface area contributed by atoms with Crippen molar-refractivity contribution in [1.29, 1.82) is 5.26 Å². The summed E-state index contributed by atoms with van der Waals surface area (Å²) in [5, 5.41) is 15.9. The zero-order valence-electron chi connectivity index (χ0n) is 18.3. The Hall–Kier alpha value is -3.08. The maximum atomic E-state index is 9.10. The summed E-state index contributed by atoms with van der Waals surface area (Å²) in [5.41, 5.74) is 2.89. The highest BCUT2D eigenvalue weighted by Gasteiger charge is 2.23. The van der Waals surface area contributed by atoms with Crippen LogP contribution in [0.3, 0.4) is 0 Å². The molecule has 1 fully saturated rings. The molecule has 2 aromatic rings. The molecule has 7 heteroatoms. The van der Waals surface area contributed by atoms with E-state index in [9.17, 15) is 0 Å². The number of nitrogens with one attached hydrogen (secondary N) is 2. The molecular formula is C24H31N5O2. The maximum absolute atomic E-state index is 9.10. The van der Waals surface area contributed by atoms with Crippen molar-refractivity contribution in [2.75, 3.05) is 46.5 Å². The first-order valence-corrected chi connectivity index (χ1v) is 10.7. The molecule has 2 N–H and O–H groups in total. The van der Waals surface area contributed by atoms with Crippen molar-refractivity contribution < 1.29 is 9.47 Å². The van der Waals surface area contributed by atoms with E-state index >= 15 is 0 Å². The molecule has 0 aliphatic carbocycles. The second kappa shape index (κ2) is 11.9. The first-order valence-electron chi connectivity index (χ1n) is 10.7. The van der Waals surface area contributed by atoms with Gasteiger partial charge in [-0.1, -0.05) is 24.3 Å². The average Bonchev–Trinajstić information content (AvgIpc) is 2.83. The lowest BCUT2D eigenvalue weighted by atomic mass is 10.0. The van der Waals surface area contributed by atoms with Gasteiger partial charge in [-0.15, -0.1) is 0 Å². The van der Waals surface area contributed by atoms with E-state index < -0.39 is 0 Å². The molecule has 1 atom stereocenters. The molecule has 0 saturated carbocycles. The van der Waals surface area contributed by atoms with Crippen molar-refractivity contribution in [3.8, 4) is 11.8 Å². The summed E-state index contributed by atoms with van der Waals surface area (Å²) < 4.78 is 10.9. The molecule has 0 aromatic heterocycles. The van der Waals surface area contributed by atoms with Gasteiger partial charge in [0.05, 0.1) is 44.5 Å².